The van der Waals surface area contributed by atoms with Crippen LogP contribution in [0.5, 0.6) is 5.75 Å². The highest BCUT2D eigenvalue weighted by Crippen LogP contribution is 2.37. The van der Waals surface area contributed by atoms with Crippen LogP contribution in [0.25, 0.3) is 0 Å². The lowest BCUT2D eigenvalue weighted by atomic mass is 10.0. The van der Waals surface area contributed by atoms with E-state index in [1.807, 2.05) is 0 Å². The van der Waals surface area contributed by atoms with E-state index in [-0.39, 0.29) is 11.4 Å². The number of allylic oxidation sites excluding steroid dienone is 1. The van der Waals surface area contributed by atoms with Crippen LogP contribution in [0.4, 0.5) is 0 Å². The van der Waals surface area contributed by atoms with E-state index in [1.165, 1.54) is 29.1 Å². The number of amides is 1. The fourth-order valence-corrected chi connectivity index (χ4v) is 6.22. The van der Waals surface area contributed by atoms with Crippen molar-refractivity contribution in [1.29, 1.82) is 0 Å². The molecule has 0 spiro atoms. The Morgan fingerprint density at radius 1 is 1.32 bits per heavy atom. The van der Waals surface area contributed by atoms with Gasteiger partial charge in [0.05, 0.1) is 12.0 Å². The average Bonchev–Trinajstić information content (AvgIpc) is 3.30. The van der Waals surface area contributed by atoms with Gasteiger partial charge in [-0.25, -0.2) is 13.9 Å². The maximum atomic E-state index is 13.0. The summed E-state index contributed by atoms with van der Waals surface area (Å²) >= 11 is 0. The largest absolute Gasteiger partial charge is 0.497 e. The second-order valence-electron chi connectivity index (χ2n) is 6.06. The molecule has 0 radical (unpaired) electrons. The number of methoxy groups -OCH3 is 1. The minimum absolute atomic E-state index is 0.101. The summed E-state index contributed by atoms with van der Waals surface area (Å²) in [5.41, 5.74) is 3.88. The highest BCUT2D eigenvalue weighted by atomic mass is 32.2. The molecule has 2 saturated heterocycles. The van der Waals surface area contributed by atoms with Crippen molar-refractivity contribution in [2.75, 3.05) is 26.0 Å². The molecule has 0 aromatic heterocycles. The summed E-state index contributed by atoms with van der Waals surface area (Å²) in [6.45, 7) is 0.201. The molecule has 2 heterocycles. The molecule has 2 aliphatic heterocycles. The summed E-state index contributed by atoms with van der Waals surface area (Å²) in [6, 6.07) is 5.14. The minimum Gasteiger partial charge on any atom is -0.497 e. The Balaban J connectivity index is 1.95. The summed E-state index contributed by atoms with van der Waals surface area (Å²) in [4.78, 5) is 12.2. The average molecular weight is 384 g/mol. The molecule has 1 aromatic rings. The van der Waals surface area contributed by atoms with Crippen LogP contribution in [0.3, 0.4) is 0 Å². The highest BCUT2D eigenvalue weighted by Gasteiger charge is 2.42. The van der Waals surface area contributed by atoms with Crippen LogP contribution in [0.15, 0.2) is 40.3 Å². The topological polar surface area (TPSA) is 95.9 Å². The fourth-order valence-electron chi connectivity index (χ4n) is 3.26. The Morgan fingerprint density at radius 2 is 2.04 bits per heavy atom. The maximum absolute atomic E-state index is 13.0. The Kier molecular flexibility index (Phi) is 5.43. The normalized spacial score (nSPS) is 25.4. The molecule has 1 unspecified atom stereocenters. The number of hydroxylamine groups is 1. The van der Waals surface area contributed by atoms with Crippen LogP contribution in [0.1, 0.15) is 12.8 Å². The molecule has 1 aromatic carbocycles. The van der Waals surface area contributed by atoms with Gasteiger partial charge < -0.3 is 4.74 Å². The van der Waals surface area contributed by atoms with Gasteiger partial charge in [0.25, 0.3) is 5.91 Å². The summed E-state index contributed by atoms with van der Waals surface area (Å²) in [7, 11) is -1.49. The van der Waals surface area contributed by atoms with Crippen molar-refractivity contribution in [3.05, 3.63) is 35.4 Å². The highest BCUT2D eigenvalue weighted by molar-refractivity contribution is 7.89. The Hall–Kier alpha value is -1.47. The third-order valence-corrected chi connectivity index (χ3v) is 7.80. The SMILES string of the molecule is COc1ccc(S(=O)(=O)N2C/C(=C3/CCPC3)C[C@@H]2C(=O)NO)cc1. The summed E-state index contributed by atoms with van der Waals surface area (Å²) in [6.07, 6.45) is 3.42. The first-order chi connectivity index (χ1) is 12.0. The van der Waals surface area contributed by atoms with Crippen LogP contribution < -0.4 is 10.2 Å². The predicted molar refractivity (Wildman–Crippen MR) is 94.9 cm³/mol. The number of hydrogen-bond donors (Lipinski definition) is 2. The van der Waals surface area contributed by atoms with Gasteiger partial charge in [-0.3, -0.25) is 10.0 Å². The predicted octanol–water partition coefficient (Wildman–Crippen LogP) is 1.34. The van der Waals surface area contributed by atoms with Crippen molar-refractivity contribution < 1.29 is 23.2 Å². The van der Waals surface area contributed by atoms with Crippen LogP contribution >= 0.6 is 8.58 Å². The maximum Gasteiger partial charge on any atom is 0.262 e. The van der Waals surface area contributed by atoms with Gasteiger partial charge in [0.2, 0.25) is 10.0 Å². The van der Waals surface area contributed by atoms with E-state index in [0.717, 1.165) is 32.9 Å². The van der Waals surface area contributed by atoms with Crippen molar-refractivity contribution in [3.8, 4) is 5.75 Å². The van der Waals surface area contributed by atoms with Crippen molar-refractivity contribution >= 4 is 24.5 Å². The van der Waals surface area contributed by atoms with Gasteiger partial charge in [0.15, 0.2) is 0 Å². The monoisotopic (exact) mass is 384 g/mol. The smallest absolute Gasteiger partial charge is 0.262 e. The Bertz CT molecular complexity index is 783. The number of rotatable bonds is 4. The fraction of sp³-hybridized carbons (Fsp3) is 0.438. The van der Waals surface area contributed by atoms with E-state index >= 15 is 0 Å². The minimum atomic E-state index is -3.86. The number of nitrogens with zero attached hydrogens (tertiary/aromatic N) is 1. The summed E-state index contributed by atoms with van der Waals surface area (Å²) in [5.74, 6) is -0.145. The lowest BCUT2D eigenvalue weighted by molar-refractivity contribution is -0.132. The van der Waals surface area contributed by atoms with E-state index in [4.69, 9.17) is 9.94 Å². The lowest BCUT2D eigenvalue weighted by Crippen LogP contribution is -2.44. The van der Waals surface area contributed by atoms with Crippen LogP contribution in [-0.4, -0.2) is 55.9 Å². The molecule has 0 saturated carbocycles. The number of carbonyl (C=O) groups is 1. The third kappa shape index (κ3) is 3.58. The van der Waals surface area contributed by atoms with Gasteiger partial charge >= 0.3 is 0 Å². The molecule has 2 fully saturated rings. The zero-order valence-corrected chi connectivity index (χ0v) is 15.7. The van der Waals surface area contributed by atoms with Crippen molar-refractivity contribution in [2.24, 2.45) is 0 Å². The van der Waals surface area contributed by atoms with Gasteiger partial charge in [-0.2, -0.15) is 4.31 Å². The number of ether oxygens (including phenoxy) is 1. The summed E-state index contributed by atoms with van der Waals surface area (Å²) in [5, 5.41) is 9.02. The zero-order valence-electron chi connectivity index (χ0n) is 13.9. The van der Waals surface area contributed by atoms with E-state index in [0.29, 0.717) is 12.2 Å². The number of sulfonamides is 1. The van der Waals surface area contributed by atoms with Crippen molar-refractivity contribution in [1.82, 2.24) is 9.79 Å². The van der Waals surface area contributed by atoms with Crippen molar-refractivity contribution in [3.63, 3.8) is 0 Å². The number of hydrogen-bond acceptors (Lipinski definition) is 5. The molecule has 3 rings (SSSR count). The van der Waals surface area contributed by atoms with Crippen molar-refractivity contribution in [2.45, 2.75) is 23.8 Å². The number of carbonyl (C=O) groups excluding carboxylic acids is 1. The first-order valence-corrected chi connectivity index (χ1v) is 10.8. The molecule has 0 aliphatic carbocycles. The quantitative estimate of drug-likeness (QED) is 0.354. The summed E-state index contributed by atoms with van der Waals surface area (Å²) < 4.78 is 32.3. The standard InChI is InChI=1S/C16H21N2O5PS/c1-23-13-2-4-14(5-3-13)25(21,22)18-9-12(11-6-7-24-10-11)8-15(18)16(19)17-20/h2-5,15,20,24H,6-10H2,1H3,(H,17,19)/b12-11-/t15-/m1/s1. The third-order valence-electron chi connectivity index (χ3n) is 4.65. The van der Waals surface area contributed by atoms with Gasteiger partial charge in [-0.15, -0.1) is 8.58 Å². The van der Waals surface area contributed by atoms with Gasteiger partial charge in [0.1, 0.15) is 11.8 Å². The van der Waals surface area contributed by atoms with E-state index < -0.39 is 22.0 Å². The van der Waals surface area contributed by atoms with Crippen LogP contribution in [0.2, 0.25) is 0 Å². The Labute approximate surface area is 148 Å². The molecular formula is C16H21N2O5PS. The molecule has 9 heteroatoms. The molecule has 7 nitrogen and oxygen atoms in total. The van der Waals surface area contributed by atoms with E-state index in [1.54, 1.807) is 17.6 Å². The van der Waals surface area contributed by atoms with Crippen LogP contribution in [0, 0.1) is 0 Å². The Morgan fingerprint density at radius 3 is 2.60 bits per heavy atom. The second-order valence-corrected chi connectivity index (χ2v) is 9.30. The lowest BCUT2D eigenvalue weighted by Gasteiger charge is -2.22. The van der Waals surface area contributed by atoms with Gasteiger partial charge in [-0.05, 0) is 49.4 Å². The molecule has 25 heavy (non-hydrogen) atoms. The van der Waals surface area contributed by atoms with E-state index in [2.05, 4.69) is 0 Å². The zero-order chi connectivity index (χ0) is 18.0. The number of nitrogens with one attached hydrogen (secondary N) is 1. The van der Waals surface area contributed by atoms with Crippen LogP contribution in [-0.2, 0) is 14.8 Å². The second kappa shape index (κ2) is 7.41. The molecular weight excluding hydrogens is 363 g/mol. The molecule has 136 valence electrons. The first kappa shape index (κ1) is 18.3. The molecule has 2 aliphatic rings. The molecule has 2 atom stereocenters. The molecule has 2 N–H and O–H groups in total. The first-order valence-electron chi connectivity index (χ1n) is 7.97. The molecule has 0 bridgehead atoms. The van der Waals surface area contributed by atoms with Gasteiger partial charge in [0, 0.05) is 6.54 Å². The molecule has 1 amide bonds. The van der Waals surface area contributed by atoms with E-state index in [9.17, 15) is 13.2 Å². The number of benzene rings is 1. The van der Waals surface area contributed by atoms with Gasteiger partial charge in [-0.1, -0.05) is 11.1 Å².